The number of rotatable bonds is 8. The third-order valence-electron chi connectivity index (χ3n) is 4.28. The minimum Gasteiger partial charge on any atom is -0.460 e. The van der Waals surface area contributed by atoms with Crippen LogP contribution in [-0.4, -0.2) is 22.2 Å². The van der Waals surface area contributed by atoms with Gasteiger partial charge < -0.3 is 19.7 Å². The summed E-state index contributed by atoms with van der Waals surface area (Å²) in [6, 6.07) is 15.8. The highest BCUT2D eigenvalue weighted by Gasteiger charge is 2.08. The molecule has 0 radical (unpaired) electrons. The van der Waals surface area contributed by atoms with E-state index in [0.717, 1.165) is 39.0 Å². The average molecular weight is 537 g/mol. The molecule has 6 nitrogen and oxygen atoms in total. The molecule has 4 heterocycles. The average Bonchev–Trinajstić information content (AvgIpc) is 3.62. The Balaban J connectivity index is 0.000000202. The van der Waals surface area contributed by atoms with E-state index in [4.69, 9.17) is 19.7 Å². The maximum atomic E-state index is 10.8. The van der Waals surface area contributed by atoms with Crippen molar-refractivity contribution in [2.45, 2.75) is 40.3 Å². The van der Waals surface area contributed by atoms with Crippen molar-refractivity contribution in [3.8, 4) is 19.5 Å². The Hall–Kier alpha value is -2.34. The maximum absolute atomic E-state index is 10.8. The third-order valence-corrected chi connectivity index (χ3v) is 8.93. The highest BCUT2D eigenvalue weighted by Crippen LogP contribution is 2.35. The first-order valence-corrected chi connectivity index (χ1v) is 13.5. The van der Waals surface area contributed by atoms with E-state index in [1.54, 1.807) is 45.3 Å². The molecule has 2 N–H and O–H groups in total. The van der Waals surface area contributed by atoms with E-state index in [-0.39, 0.29) is 25.2 Å². The van der Waals surface area contributed by atoms with E-state index in [9.17, 15) is 9.59 Å². The van der Waals surface area contributed by atoms with Crippen molar-refractivity contribution in [2.75, 3.05) is 0 Å². The Bertz CT molecular complexity index is 1120. The number of esters is 2. The molecule has 0 saturated carbocycles. The Morgan fingerprint density at radius 3 is 1.15 bits per heavy atom. The number of aliphatic hydroxyl groups is 2. The van der Waals surface area contributed by atoms with Crippen molar-refractivity contribution in [1.29, 1.82) is 0 Å². The summed E-state index contributed by atoms with van der Waals surface area (Å²) in [6.45, 7) is 3.62. The quantitative estimate of drug-likeness (QED) is 0.266. The summed E-state index contributed by atoms with van der Waals surface area (Å²) < 4.78 is 9.93. The Labute approximate surface area is 213 Å². The molecule has 34 heavy (non-hydrogen) atoms. The van der Waals surface area contributed by atoms with Gasteiger partial charge in [0.25, 0.3) is 0 Å². The van der Waals surface area contributed by atoms with Crippen molar-refractivity contribution in [3.05, 3.63) is 68.0 Å². The van der Waals surface area contributed by atoms with Gasteiger partial charge in [-0.25, -0.2) is 0 Å². The van der Waals surface area contributed by atoms with Crippen molar-refractivity contribution >= 4 is 57.3 Å². The second kappa shape index (κ2) is 12.9. The van der Waals surface area contributed by atoms with Gasteiger partial charge in [0, 0.05) is 52.9 Å². The number of carbonyl (C=O) groups is 2. The van der Waals surface area contributed by atoms with E-state index in [2.05, 4.69) is 0 Å². The van der Waals surface area contributed by atoms with Gasteiger partial charge >= 0.3 is 11.9 Å². The van der Waals surface area contributed by atoms with Crippen LogP contribution in [0.25, 0.3) is 19.5 Å². The van der Waals surface area contributed by atoms with Crippen LogP contribution < -0.4 is 0 Å². The van der Waals surface area contributed by atoms with Gasteiger partial charge in [-0.1, -0.05) is 0 Å². The molecule has 0 spiro atoms. The minimum absolute atomic E-state index is 0.100. The zero-order chi connectivity index (χ0) is 24.5. The second-order valence-corrected chi connectivity index (χ2v) is 11.6. The van der Waals surface area contributed by atoms with E-state index in [1.807, 2.05) is 48.5 Å². The molecule has 0 aliphatic heterocycles. The smallest absolute Gasteiger partial charge is 0.302 e. The summed E-state index contributed by atoms with van der Waals surface area (Å²) >= 11 is 6.36. The molecule has 0 bridgehead atoms. The van der Waals surface area contributed by atoms with Crippen LogP contribution in [0.3, 0.4) is 0 Å². The maximum Gasteiger partial charge on any atom is 0.302 e. The summed E-state index contributed by atoms with van der Waals surface area (Å²) in [5.41, 5.74) is 0. The zero-order valence-corrected chi connectivity index (χ0v) is 21.9. The molecular weight excluding hydrogens is 513 g/mol. The molecule has 10 heteroatoms. The van der Waals surface area contributed by atoms with Gasteiger partial charge in [0.15, 0.2) is 0 Å². The number of aliphatic hydroxyl groups excluding tert-OH is 2. The monoisotopic (exact) mass is 536 g/mol. The lowest BCUT2D eigenvalue weighted by atomic mass is 10.3. The largest absolute Gasteiger partial charge is 0.460 e. The molecule has 4 aromatic rings. The predicted octanol–water partition coefficient (Wildman–Crippen LogP) is 6.06. The van der Waals surface area contributed by atoms with E-state index in [1.165, 1.54) is 13.8 Å². The van der Waals surface area contributed by atoms with E-state index in [0.29, 0.717) is 13.2 Å². The van der Waals surface area contributed by atoms with Crippen molar-refractivity contribution in [2.24, 2.45) is 0 Å². The van der Waals surface area contributed by atoms with Crippen LogP contribution in [0.15, 0.2) is 48.5 Å². The van der Waals surface area contributed by atoms with Gasteiger partial charge in [-0.2, -0.15) is 0 Å². The molecule has 0 aliphatic carbocycles. The topological polar surface area (TPSA) is 93.1 Å². The van der Waals surface area contributed by atoms with Gasteiger partial charge in [-0.05, 0) is 48.5 Å². The lowest BCUT2D eigenvalue weighted by Crippen LogP contribution is -1.96. The van der Waals surface area contributed by atoms with Gasteiger partial charge in [-0.3, -0.25) is 9.59 Å². The first kappa shape index (κ1) is 26.3. The fraction of sp³-hybridized carbons (Fsp3) is 0.250. The SMILES string of the molecule is CC(=O)OCc1ccc(-c2ccc(COC(C)=O)s2)s1.OCc1ccc(-c2ccc(CO)s2)s1. The highest BCUT2D eigenvalue weighted by molar-refractivity contribution is 7.22. The normalized spacial score (nSPS) is 10.5. The molecule has 0 atom stereocenters. The molecule has 0 saturated heterocycles. The van der Waals surface area contributed by atoms with Crippen LogP contribution in [-0.2, 0) is 45.5 Å². The number of hydrogen-bond acceptors (Lipinski definition) is 10. The summed E-state index contributed by atoms with van der Waals surface area (Å²) in [7, 11) is 0. The third kappa shape index (κ3) is 7.86. The zero-order valence-electron chi connectivity index (χ0n) is 18.6. The van der Waals surface area contributed by atoms with Crippen molar-refractivity contribution < 1.29 is 29.3 Å². The number of hydrogen-bond donors (Lipinski definition) is 2. The van der Waals surface area contributed by atoms with Gasteiger partial charge in [0.1, 0.15) is 13.2 Å². The lowest BCUT2D eigenvalue weighted by Gasteiger charge is -1.97. The minimum atomic E-state index is -0.278. The lowest BCUT2D eigenvalue weighted by molar-refractivity contribution is -0.143. The van der Waals surface area contributed by atoms with Gasteiger partial charge in [-0.15, -0.1) is 45.3 Å². The number of thiophene rings is 4. The highest BCUT2D eigenvalue weighted by atomic mass is 32.1. The number of ether oxygens (including phenoxy) is 2. The molecule has 0 aromatic carbocycles. The van der Waals surface area contributed by atoms with Crippen LogP contribution in [0.4, 0.5) is 0 Å². The summed E-state index contributed by atoms with van der Waals surface area (Å²) in [4.78, 5) is 30.0. The molecule has 0 unspecified atom stereocenters. The fourth-order valence-electron chi connectivity index (χ4n) is 2.71. The van der Waals surface area contributed by atoms with Gasteiger partial charge in [0.2, 0.25) is 0 Å². The van der Waals surface area contributed by atoms with Crippen molar-refractivity contribution in [1.82, 2.24) is 0 Å². The molecular formula is C24H24O6S4. The van der Waals surface area contributed by atoms with Crippen LogP contribution in [0, 0.1) is 0 Å². The Morgan fingerprint density at radius 1 is 0.588 bits per heavy atom. The Kier molecular flexibility index (Phi) is 10.00. The van der Waals surface area contributed by atoms with E-state index >= 15 is 0 Å². The van der Waals surface area contributed by atoms with Crippen LogP contribution in [0.2, 0.25) is 0 Å². The molecule has 4 rings (SSSR count). The molecule has 0 amide bonds. The summed E-state index contributed by atoms with van der Waals surface area (Å²) in [5.74, 6) is -0.556. The standard InChI is InChI=1S/C14H14O4S2.C10H10O2S2/c1-9(15)17-7-11-3-5-13(19-11)14-6-4-12(20-14)8-18-10(2)16;11-5-7-1-3-9(13-7)10-4-2-8(6-12)14-10/h3-6H,7-8H2,1-2H3;1-4,11-12H,5-6H2. The van der Waals surface area contributed by atoms with Crippen LogP contribution >= 0.6 is 45.3 Å². The second-order valence-electron chi connectivity index (χ2n) is 6.94. The molecule has 0 aliphatic rings. The summed E-state index contributed by atoms with van der Waals surface area (Å²) in [6.07, 6.45) is 0. The Morgan fingerprint density at radius 2 is 0.882 bits per heavy atom. The van der Waals surface area contributed by atoms with Crippen molar-refractivity contribution in [3.63, 3.8) is 0 Å². The predicted molar refractivity (Wildman–Crippen MR) is 138 cm³/mol. The first-order chi connectivity index (χ1) is 16.4. The van der Waals surface area contributed by atoms with Gasteiger partial charge in [0.05, 0.1) is 13.2 Å². The number of carbonyl (C=O) groups excluding carboxylic acids is 2. The van der Waals surface area contributed by atoms with Crippen LogP contribution in [0.1, 0.15) is 33.4 Å². The molecule has 0 fully saturated rings. The fourth-order valence-corrected chi connectivity index (χ4v) is 6.47. The molecule has 4 aromatic heterocycles. The first-order valence-electron chi connectivity index (χ1n) is 10.2. The summed E-state index contributed by atoms with van der Waals surface area (Å²) in [5, 5.41) is 17.8. The van der Waals surface area contributed by atoms with E-state index < -0.39 is 0 Å². The van der Waals surface area contributed by atoms with Crippen LogP contribution in [0.5, 0.6) is 0 Å². The molecule has 180 valence electrons.